The van der Waals surface area contributed by atoms with Gasteiger partial charge < -0.3 is 9.84 Å². The fourth-order valence-corrected chi connectivity index (χ4v) is 1.98. The Morgan fingerprint density at radius 3 is 2.16 bits per heavy atom. The van der Waals surface area contributed by atoms with Gasteiger partial charge in [-0.25, -0.2) is 0 Å². The van der Waals surface area contributed by atoms with Gasteiger partial charge in [0.2, 0.25) is 0 Å². The lowest BCUT2D eigenvalue weighted by molar-refractivity contribution is -0.103. The SMILES string of the molecule is OC(OCCCCc1ccccc1)c1ccccc1. The first-order valence-corrected chi connectivity index (χ1v) is 6.75. The summed E-state index contributed by atoms with van der Waals surface area (Å²) in [6, 6.07) is 19.9. The summed E-state index contributed by atoms with van der Waals surface area (Å²) < 4.78 is 5.42. The maximum absolute atomic E-state index is 9.81. The molecule has 2 nitrogen and oxygen atoms in total. The maximum Gasteiger partial charge on any atom is 0.181 e. The highest BCUT2D eigenvalue weighted by atomic mass is 16.6. The second kappa shape index (κ2) is 7.72. The van der Waals surface area contributed by atoms with Gasteiger partial charge in [-0.05, 0) is 24.8 Å². The van der Waals surface area contributed by atoms with Gasteiger partial charge in [0.05, 0.1) is 6.61 Å². The number of aryl methyl sites for hydroxylation is 1. The molecule has 2 rings (SSSR count). The van der Waals surface area contributed by atoms with Crippen LogP contribution in [-0.2, 0) is 11.2 Å². The smallest absolute Gasteiger partial charge is 0.181 e. The third kappa shape index (κ3) is 4.86. The highest BCUT2D eigenvalue weighted by molar-refractivity contribution is 5.15. The minimum Gasteiger partial charge on any atom is -0.364 e. The molecule has 2 aromatic rings. The molecule has 0 aliphatic carbocycles. The van der Waals surface area contributed by atoms with E-state index in [4.69, 9.17) is 4.74 Å². The van der Waals surface area contributed by atoms with Crippen molar-refractivity contribution in [1.29, 1.82) is 0 Å². The summed E-state index contributed by atoms with van der Waals surface area (Å²) >= 11 is 0. The number of rotatable bonds is 7. The summed E-state index contributed by atoms with van der Waals surface area (Å²) in [5.41, 5.74) is 2.16. The summed E-state index contributed by atoms with van der Waals surface area (Å²) in [4.78, 5) is 0. The van der Waals surface area contributed by atoms with E-state index in [2.05, 4.69) is 24.3 Å². The topological polar surface area (TPSA) is 29.5 Å². The minimum atomic E-state index is -0.807. The summed E-state index contributed by atoms with van der Waals surface area (Å²) in [7, 11) is 0. The third-order valence-corrected chi connectivity index (χ3v) is 3.06. The highest BCUT2D eigenvalue weighted by Gasteiger charge is 2.05. The number of aliphatic hydroxyl groups excluding tert-OH is 1. The Morgan fingerprint density at radius 2 is 1.47 bits per heavy atom. The number of hydrogen-bond donors (Lipinski definition) is 1. The molecule has 0 spiro atoms. The fraction of sp³-hybridized carbons (Fsp3) is 0.294. The predicted octanol–water partition coefficient (Wildman–Crippen LogP) is 3.72. The van der Waals surface area contributed by atoms with Gasteiger partial charge in [0.1, 0.15) is 0 Å². The molecular weight excluding hydrogens is 236 g/mol. The third-order valence-electron chi connectivity index (χ3n) is 3.06. The molecule has 0 radical (unpaired) electrons. The van der Waals surface area contributed by atoms with Crippen LogP contribution in [0.3, 0.4) is 0 Å². The van der Waals surface area contributed by atoms with Crippen molar-refractivity contribution in [2.24, 2.45) is 0 Å². The Balaban J connectivity index is 1.62. The molecule has 2 aromatic carbocycles. The number of hydrogen-bond acceptors (Lipinski definition) is 2. The molecule has 2 heteroatoms. The number of unbranched alkanes of at least 4 members (excludes halogenated alkanes) is 1. The molecule has 1 N–H and O–H groups in total. The number of benzene rings is 2. The Kier molecular flexibility index (Phi) is 5.60. The van der Waals surface area contributed by atoms with Gasteiger partial charge in [-0.3, -0.25) is 0 Å². The quantitative estimate of drug-likeness (QED) is 0.604. The molecule has 0 saturated carbocycles. The average Bonchev–Trinajstić information content (AvgIpc) is 2.49. The number of ether oxygens (including phenoxy) is 1. The van der Waals surface area contributed by atoms with Crippen LogP contribution in [0, 0.1) is 0 Å². The molecule has 19 heavy (non-hydrogen) atoms. The van der Waals surface area contributed by atoms with Crippen molar-refractivity contribution in [3.63, 3.8) is 0 Å². The van der Waals surface area contributed by atoms with E-state index in [1.54, 1.807) is 0 Å². The van der Waals surface area contributed by atoms with E-state index in [1.807, 2.05) is 36.4 Å². The van der Waals surface area contributed by atoms with E-state index in [0.29, 0.717) is 6.61 Å². The Morgan fingerprint density at radius 1 is 0.842 bits per heavy atom. The van der Waals surface area contributed by atoms with Gasteiger partial charge in [0.15, 0.2) is 6.29 Å². The van der Waals surface area contributed by atoms with E-state index in [1.165, 1.54) is 5.56 Å². The van der Waals surface area contributed by atoms with Crippen LogP contribution in [0.15, 0.2) is 60.7 Å². The van der Waals surface area contributed by atoms with E-state index < -0.39 is 6.29 Å². The first-order chi connectivity index (χ1) is 9.36. The molecule has 1 atom stereocenters. The minimum absolute atomic E-state index is 0.586. The van der Waals surface area contributed by atoms with E-state index in [0.717, 1.165) is 24.8 Å². The molecule has 0 aromatic heterocycles. The van der Waals surface area contributed by atoms with Crippen molar-refractivity contribution in [3.05, 3.63) is 71.8 Å². The average molecular weight is 256 g/mol. The van der Waals surface area contributed by atoms with Gasteiger partial charge in [-0.15, -0.1) is 0 Å². The molecule has 0 aliphatic rings. The molecular formula is C17H20O2. The number of aliphatic hydroxyl groups is 1. The van der Waals surface area contributed by atoms with Crippen molar-refractivity contribution >= 4 is 0 Å². The Hall–Kier alpha value is -1.64. The van der Waals surface area contributed by atoms with Gasteiger partial charge in [0.25, 0.3) is 0 Å². The summed E-state index contributed by atoms with van der Waals surface area (Å²) in [5, 5.41) is 9.81. The summed E-state index contributed by atoms with van der Waals surface area (Å²) in [6.45, 7) is 0.586. The molecule has 100 valence electrons. The molecule has 0 bridgehead atoms. The van der Waals surface area contributed by atoms with Crippen molar-refractivity contribution in [2.45, 2.75) is 25.6 Å². The lowest BCUT2D eigenvalue weighted by Gasteiger charge is -2.12. The Bertz CT molecular complexity index is 453. The van der Waals surface area contributed by atoms with Crippen LogP contribution in [0.4, 0.5) is 0 Å². The molecule has 0 amide bonds. The zero-order valence-electron chi connectivity index (χ0n) is 11.0. The Labute approximate surface area is 114 Å². The van der Waals surface area contributed by atoms with E-state index in [-0.39, 0.29) is 0 Å². The lowest BCUT2D eigenvalue weighted by Crippen LogP contribution is -2.04. The predicted molar refractivity (Wildman–Crippen MR) is 76.7 cm³/mol. The van der Waals surface area contributed by atoms with Crippen LogP contribution in [0.25, 0.3) is 0 Å². The zero-order valence-corrected chi connectivity index (χ0v) is 11.0. The standard InChI is InChI=1S/C17H20O2/c18-17(16-12-5-2-6-13-16)19-14-8-7-11-15-9-3-1-4-10-15/h1-6,9-10,12-13,17-18H,7-8,11,14H2. The highest BCUT2D eigenvalue weighted by Crippen LogP contribution is 2.14. The first-order valence-electron chi connectivity index (χ1n) is 6.75. The van der Waals surface area contributed by atoms with Crippen molar-refractivity contribution in [1.82, 2.24) is 0 Å². The second-order valence-corrected chi connectivity index (χ2v) is 4.58. The van der Waals surface area contributed by atoms with Gasteiger partial charge in [-0.2, -0.15) is 0 Å². The fourth-order valence-electron chi connectivity index (χ4n) is 1.98. The molecule has 0 aliphatic heterocycles. The van der Waals surface area contributed by atoms with Crippen LogP contribution in [-0.4, -0.2) is 11.7 Å². The van der Waals surface area contributed by atoms with Gasteiger partial charge >= 0.3 is 0 Å². The first kappa shape index (κ1) is 13.8. The largest absolute Gasteiger partial charge is 0.364 e. The van der Waals surface area contributed by atoms with Gasteiger partial charge in [0, 0.05) is 5.56 Å². The lowest BCUT2D eigenvalue weighted by atomic mass is 10.1. The molecule has 0 saturated heterocycles. The monoisotopic (exact) mass is 256 g/mol. The normalized spacial score (nSPS) is 12.3. The van der Waals surface area contributed by atoms with Crippen LogP contribution in [0.1, 0.15) is 30.3 Å². The summed E-state index contributed by atoms with van der Waals surface area (Å²) in [6.07, 6.45) is 2.29. The molecule has 1 unspecified atom stereocenters. The van der Waals surface area contributed by atoms with Crippen molar-refractivity contribution in [3.8, 4) is 0 Å². The molecule has 0 fully saturated rings. The van der Waals surface area contributed by atoms with Crippen LogP contribution >= 0.6 is 0 Å². The van der Waals surface area contributed by atoms with Crippen molar-refractivity contribution in [2.75, 3.05) is 6.61 Å². The van der Waals surface area contributed by atoms with Gasteiger partial charge in [-0.1, -0.05) is 60.7 Å². The van der Waals surface area contributed by atoms with Crippen LogP contribution < -0.4 is 0 Å². The second-order valence-electron chi connectivity index (χ2n) is 4.58. The summed E-state index contributed by atoms with van der Waals surface area (Å²) in [5.74, 6) is 0. The van der Waals surface area contributed by atoms with E-state index >= 15 is 0 Å². The maximum atomic E-state index is 9.81. The zero-order chi connectivity index (χ0) is 13.3. The van der Waals surface area contributed by atoms with Crippen molar-refractivity contribution < 1.29 is 9.84 Å². The van der Waals surface area contributed by atoms with Crippen LogP contribution in [0.2, 0.25) is 0 Å². The van der Waals surface area contributed by atoms with Crippen LogP contribution in [0.5, 0.6) is 0 Å². The molecule has 0 heterocycles. The van der Waals surface area contributed by atoms with E-state index in [9.17, 15) is 5.11 Å².